The lowest BCUT2D eigenvalue weighted by molar-refractivity contribution is 0.102. The minimum Gasteiger partial charge on any atom is -0.447 e. The molecule has 0 spiro atoms. The van der Waals surface area contributed by atoms with Gasteiger partial charge in [0.15, 0.2) is 0 Å². The van der Waals surface area contributed by atoms with Gasteiger partial charge in [0.05, 0.1) is 11.5 Å². The summed E-state index contributed by atoms with van der Waals surface area (Å²) >= 11 is 6.38. The van der Waals surface area contributed by atoms with Crippen molar-refractivity contribution >= 4 is 62.0 Å². The van der Waals surface area contributed by atoms with E-state index in [1.165, 1.54) is 18.4 Å². The van der Waals surface area contributed by atoms with Crippen LogP contribution in [0.4, 0.5) is 16.2 Å². The molecule has 1 aromatic carbocycles. The second-order valence-corrected chi connectivity index (χ2v) is 8.14. The first-order chi connectivity index (χ1) is 13.5. The van der Waals surface area contributed by atoms with E-state index in [1.807, 2.05) is 11.4 Å². The summed E-state index contributed by atoms with van der Waals surface area (Å²) in [7, 11) is 1.53. The van der Waals surface area contributed by atoms with E-state index in [9.17, 15) is 9.59 Å². The average molecular weight is 482 g/mol. The Hall–Kier alpha value is -2.27. The Morgan fingerprint density at radius 3 is 2.61 bits per heavy atom. The number of hydrogen-bond acceptors (Lipinski definition) is 7. The smallest absolute Gasteiger partial charge is 0.411 e. The van der Waals surface area contributed by atoms with Crippen molar-refractivity contribution in [3.63, 3.8) is 0 Å². The molecule has 0 aliphatic carbocycles. The third kappa shape index (κ3) is 5.61. The van der Waals surface area contributed by atoms with Crippen molar-refractivity contribution < 1.29 is 19.1 Å². The molecule has 0 aliphatic heterocycles. The number of nitrogens with zero attached hydrogens (tertiary/aromatic N) is 1. The SMILES string of the molecule is COCCOC(=O)Nc1cccc(NC(=O)c2csc(-c3cc(Br)cs3)n2)c1. The summed E-state index contributed by atoms with van der Waals surface area (Å²) in [5, 5.41) is 9.85. The second-order valence-electron chi connectivity index (χ2n) is 5.46. The molecule has 3 aromatic rings. The standard InChI is InChI=1S/C18H16BrN3O4S2/c1-25-5-6-26-18(24)21-13-4-2-3-12(8-13)20-16(23)14-10-28-17(22-14)15-7-11(19)9-27-15/h2-4,7-10H,5-6H2,1H3,(H,20,23)(H,21,24). The highest BCUT2D eigenvalue weighted by atomic mass is 79.9. The molecule has 0 atom stereocenters. The summed E-state index contributed by atoms with van der Waals surface area (Å²) in [5.74, 6) is -0.321. The molecule has 0 fully saturated rings. The fourth-order valence-corrected chi connectivity index (χ4v) is 4.47. The van der Waals surface area contributed by atoms with Crippen LogP contribution in [0.25, 0.3) is 9.88 Å². The van der Waals surface area contributed by atoms with Gasteiger partial charge in [-0.05, 0) is 40.2 Å². The third-order valence-corrected chi connectivity index (χ3v) is 6.11. The van der Waals surface area contributed by atoms with Crippen LogP contribution in [0.1, 0.15) is 10.5 Å². The Bertz CT molecular complexity index is 973. The zero-order chi connectivity index (χ0) is 19.9. The average Bonchev–Trinajstić information content (AvgIpc) is 3.31. The number of benzene rings is 1. The predicted octanol–water partition coefficient (Wildman–Crippen LogP) is 5.08. The zero-order valence-electron chi connectivity index (χ0n) is 14.7. The topological polar surface area (TPSA) is 89.5 Å². The summed E-state index contributed by atoms with van der Waals surface area (Å²) in [5.41, 5.74) is 1.37. The molecule has 2 heterocycles. The van der Waals surface area contributed by atoms with E-state index in [4.69, 9.17) is 9.47 Å². The van der Waals surface area contributed by atoms with Gasteiger partial charge in [-0.25, -0.2) is 9.78 Å². The van der Waals surface area contributed by atoms with E-state index in [0.29, 0.717) is 23.7 Å². The number of amides is 2. The van der Waals surface area contributed by atoms with Crippen molar-refractivity contribution in [2.24, 2.45) is 0 Å². The van der Waals surface area contributed by atoms with Gasteiger partial charge in [-0.1, -0.05) is 6.07 Å². The number of thiazole rings is 1. The van der Waals surface area contributed by atoms with E-state index in [1.54, 1.807) is 41.0 Å². The van der Waals surface area contributed by atoms with E-state index in [-0.39, 0.29) is 12.5 Å². The number of hydrogen-bond donors (Lipinski definition) is 2. The van der Waals surface area contributed by atoms with Gasteiger partial charge in [0.25, 0.3) is 5.91 Å². The molecule has 7 nitrogen and oxygen atoms in total. The Morgan fingerprint density at radius 2 is 1.89 bits per heavy atom. The number of aromatic nitrogens is 1. The lowest BCUT2D eigenvalue weighted by atomic mass is 10.2. The fraction of sp³-hybridized carbons (Fsp3) is 0.167. The van der Waals surface area contributed by atoms with Crippen LogP contribution in [0.5, 0.6) is 0 Å². The molecule has 2 N–H and O–H groups in total. The van der Waals surface area contributed by atoms with E-state index in [2.05, 4.69) is 31.5 Å². The lowest BCUT2D eigenvalue weighted by Crippen LogP contribution is -2.17. The number of rotatable bonds is 7. The molecular weight excluding hydrogens is 466 g/mol. The molecule has 10 heteroatoms. The largest absolute Gasteiger partial charge is 0.447 e. The van der Waals surface area contributed by atoms with E-state index >= 15 is 0 Å². The minimum atomic E-state index is -0.591. The summed E-state index contributed by atoms with van der Waals surface area (Å²) in [4.78, 5) is 29.6. The lowest BCUT2D eigenvalue weighted by Gasteiger charge is -2.08. The molecule has 28 heavy (non-hydrogen) atoms. The van der Waals surface area contributed by atoms with Crippen molar-refractivity contribution in [3.05, 3.63) is 51.3 Å². The highest BCUT2D eigenvalue weighted by Crippen LogP contribution is 2.32. The van der Waals surface area contributed by atoms with Crippen molar-refractivity contribution in [1.82, 2.24) is 4.98 Å². The predicted molar refractivity (Wildman–Crippen MR) is 114 cm³/mol. The molecular formula is C18H16BrN3O4S2. The second kappa shape index (κ2) is 9.78. The molecule has 0 saturated heterocycles. The highest BCUT2D eigenvalue weighted by molar-refractivity contribution is 9.10. The number of carbonyl (C=O) groups is 2. The first-order valence-corrected chi connectivity index (χ1v) is 10.6. The van der Waals surface area contributed by atoms with Crippen molar-refractivity contribution in [2.45, 2.75) is 0 Å². The van der Waals surface area contributed by atoms with Gasteiger partial charge in [-0.15, -0.1) is 22.7 Å². The monoisotopic (exact) mass is 481 g/mol. The van der Waals surface area contributed by atoms with E-state index < -0.39 is 6.09 Å². The molecule has 0 bridgehead atoms. The molecule has 0 radical (unpaired) electrons. The number of thiophene rings is 1. The van der Waals surface area contributed by atoms with Gasteiger partial charge >= 0.3 is 6.09 Å². The quantitative estimate of drug-likeness (QED) is 0.459. The first kappa shape index (κ1) is 20.5. The van der Waals surface area contributed by atoms with Crippen LogP contribution in [0.15, 0.2) is 45.6 Å². The van der Waals surface area contributed by atoms with Gasteiger partial charge in [0, 0.05) is 33.7 Å². The number of halogens is 1. The molecule has 0 saturated carbocycles. The Labute approximate surface area is 177 Å². The fourth-order valence-electron chi connectivity index (χ4n) is 2.16. The van der Waals surface area contributed by atoms with Crippen LogP contribution in [-0.2, 0) is 9.47 Å². The maximum absolute atomic E-state index is 12.5. The van der Waals surface area contributed by atoms with Crippen LogP contribution in [0, 0.1) is 0 Å². The highest BCUT2D eigenvalue weighted by Gasteiger charge is 2.14. The van der Waals surface area contributed by atoms with Crippen LogP contribution in [0.3, 0.4) is 0 Å². The summed E-state index contributed by atoms with van der Waals surface area (Å²) in [6, 6.07) is 8.74. The van der Waals surface area contributed by atoms with Crippen molar-refractivity contribution in [1.29, 1.82) is 0 Å². The number of nitrogens with one attached hydrogen (secondary N) is 2. The van der Waals surface area contributed by atoms with Crippen LogP contribution in [0.2, 0.25) is 0 Å². The maximum atomic E-state index is 12.5. The van der Waals surface area contributed by atoms with Crippen LogP contribution in [-0.4, -0.2) is 37.3 Å². The summed E-state index contributed by atoms with van der Waals surface area (Å²) < 4.78 is 10.8. The molecule has 0 unspecified atom stereocenters. The number of carbonyl (C=O) groups excluding carboxylic acids is 2. The third-order valence-electron chi connectivity index (χ3n) is 3.40. The Morgan fingerprint density at radius 1 is 1.11 bits per heavy atom. The van der Waals surface area contributed by atoms with Crippen molar-refractivity contribution in [3.8, 4) is 9.88 Å². The Balaban J connectivity index is 1.61. The molecule has 0 aliphatic rings. The van der Waals surface area contributed by atoms with Gasteiger partial charge < -0.3 is 14.8 Å². The zero-order valence-corrected chi connectivity index (χ0v) is 17.9. The minimum absolute atomic E-state index is 0.158. The number of ether oxygens (including phenoxy) is 2. The summed E-state index contributed by atoms with van der Waals surface area (Å²) in [6.45, 7) is 0.479. The molecule has 2 amide bonds. The van der Waals surface area contributed by atoms with Crippen LogP contribution >= 0.6 is 38.6 Å². The summed E-state index contributed by atoms with van der Waals surface area (Å²) in [6.07, 6.45) is -0.591. The van der Waals surface area contributed by atoms with Crippen LogP contribution < -0.4 is 10.6 Å². The van der Waals surface area contributed by atoms with Gasteiger partial charge in [-0.3, -0.25) is 10.1 Å². The first-order valence-electron chi connectivity index (χ1n) is 8.09. The maximum Gasteiger partial charge on any atom is 0.411 e. The van der Waals surface area contributed by atoms with Gasteiger partial charge in [-0.2, -0.15) is 0 Å². The molecule has 2 aromatic heterocycles. The number of methoxy groups -OCH3 is 1. The normalized spacial score (nSPS) is 10.5. The molecule has 3 rings (SSSR count). The van der Waals surface area contributed by atoms with Gasteiger partial charge in [0.2, 0.25) is 0 Å². The number of anilines is 2. The van der Waals surface area contributed by atoms with Gasteiger partial charge in [0.1, 0.15) is 17.3 Å². The Kier molecular flexibility index (Phi) is 7.15. The van der Waals surface area contributed by atoms with Crippen molar-refractivity contribution in [2.75, 3.05) is 31.0 Å². The molecule has 146 valence electrons. The van der Waals surface area contributed by atoms with E-state index in [0.717, 1.165) is 14.4 Å².